The van der Waals surface area contributed by atoms with Gasteiger partial charge < -0.3 is 0 Å². The van der Waals surface area contributed by atoms with E-state index in [0.29, 0.717) is 9.13 Å². The monoisotopic (exact) mass is 396 g/mol. The summed E-state index contributed by atoms with van der Waals surface area (Å²) in [6.45, 7) is 0. The molecule has 0 aromatic heterocycles. The summed E-state index contributed by atoms with van der Waals surface area (Å²) in [6, 6.07) is 8.20. The highest BCUT2D eigenvalue weighted by Crippen LogP contribution is 2.30. The Hall–Kier alpha value is -0.750. The van der Waals surface area contributed by atoms with Crippen LogP contribution in [0.4, 0.5) is 13.2 Å². The quantitative estimate of drug-likeness (QED) is 0.492. The van der Waals surface area contributed by atoms with Crippen LogP contribution in [0, 0.1) is 21.0 Å². The summed E-state index contributed by atoms with van der Waals surface area (Å²) in [6.07, 6.45) is 0.146. The van der Waals surface area contributed by atoms with Crippen molar-refractivity contribution < 1.29 is 13.2 Å². The van der Waals surface area contributed by atoms with Gasteiger partial charge in [-0.2, -0.15) is 0 Å². The van der Waals surface area contributed by atoms with Gasteiger partial charge in [0.15, 0.2) is 11.6 Å². The number of rotatable bonds is 3. The minimum atomic E-state index is -0.893. The largest absolute Gasteiger partial charge is 0.207 e. The fraction of sp³-hybridized carbons (Fsp3) is 0.143. The van der Waals surface area contributed by atoms with Crippen molar-refractivity contribution in [3.63, 3.8) is 0 Å². The molecular formula is C14H9ClF3I. The molecule has 1 atom stereocenters. The molecule has 2 aromatic carbocycles. The molecule has 0 amide bonds. The molecule has 0 heterocycles. The second-order valence-electron chi connectivity index (χ2n) is 4.05. The third-order valence-corrected chi connectivity index (χ3v) is 4.05. The molecule has 0 nitrogen and oxygen atoms in total. The molecular weight excluding hydrogens is 388 g/mol. The molecule has 2 rings (SSSR count). The molecule has 0 aliphatic heterocycles. The van der Waals surface area contributed by atoms with Crippen molar-refractivity contribution >= 4 is 34.2 Å². The highest BCUT2D eigenvalue weighted by atomic mass is 127. The van der Waals surface area contributed by atoms with Gasteiger partial charge in [-0.15, -0.1) is 11.6 Å². The summed E-state index contributed by atoms with van der Waals surface area (Å²) in [4.78, 5) is 0. The lowest BCUT2D eigenvalue weighted by Crippen LogP contribution is -2.02. The maximum Gasteiger partial charge on any atom is 0.162 e. The lowest BCUT2D eigenvalue weighted by molar-refractivity contribution is 0.498. The van der Waals surface area contributed by atoms with E-state index in [1.807, 2.05) is 22.6 Å². The van der Waals surface area contributed by atoms with Crippen molar-refractivity contribution in [2.24, 2.45) is 0 Å². The standard InChI is InChI=1S/C14H9ClF3I/c15-11(10-5-4-9(16)7-13(10)19)6-8-2-1-3-12(17)14(8)18/h1-5,7,11H,6H2. The second-order valence-corrected chi connectivity index (χ2v) is 5.74. The summed E-state index contributed by atoms with van der Waals surface area (Å²) in [5, 5.41) is -0.538. The van der Waals surface area contributed by atoms with Crippen LogP contribution < -0.4 is 0 Å². The molecule has 100 valence electrons. The van der Waals surface area contributed by atoms with Crippen LogP contribution in [-0.2, 0) is 6.42 Å². The first-order valence-electron chi connectivity index (χ1n) is 5.51. The predicted octanol–water partition coefficient (Wildman–Crippen LogP) is 5.23. The molecule has 5 heteroatoms. The van der Waals surface area contributed by atoms with Gasteiger partial charge in [-0.1, -0.05) is 18.2 Å². The Morgan fingerprint density at radius 2 is 1.84 bits per heavy atom. The van der Waals surface area contributed by atoms with Crippen molar-refractivity contribution in [1.29, 1.82) is 0 Å². The Morgan fingerprint density at radius 1 is 1.11 bits per heavy atom. The van der Waals surface area contributed by atoms with Gasteiger partial charge >= 0.3 is 0 Å². The summed E-state index contributed by atoms with van der Waals surface area (Å²) in [5.74, 6) is -2.13. The Labute approximate surface area is 127 Å². The van der Waals surface area contributed by atoms with Crippen LogP contribution in [0.5, 0.6) is 0 Å². The van der Waals surface area contributed by atoms with E-state index in [0.717, 1.165) is 6.07 Å². The van der Waals surface area contributed by atoms with Crippen LogP contribution >= 0.6 is 34.2 Å². The Kier molecular flexibility index (Phi) is 4.73. The third-order valence-electron chi connectivity index (χ3n) is 2.73. The van der Waals surface area contributed by atoms with Gasteiger partial charge in [0.1, 0.15) is 5.82 Å². The number of benzene rings is 2. The maximum absolute atomic E-state index is 13.5. The summed E-state index contributed by atoms with van der Waals surface area (Å²) >= 11 is 8.17. The zero-order valence-electron chi connectivity index (χ0n) is 9.64. The molecule has 2 aromatic rings. The minimum absolute atomic E-state index is 0.146. The Morgan fingerprint density at radius 3 is 2.53 bits per heavy atom. The molecule has 0 N–H and O–H groups in total. The Bertz CT molecular complexity index is 601. The SMILES string of the molecule is Fc1ccc(C(Cl)Cc2cccc(F)c2F)c(I)c1. The van der Waals surface area contributed by atoms with Crippen molar-refractivity contribution in [2.45, 2.75) is 11.8 Å². The normalized spacial score (nSPS) is 12.5. The van der Waals surface area contributed by atoms with E-state index >= 15 is 0 Å². The van der Waals surface area contributed by atoms with Crippen LogP contribution in [0.25, 0.3) is 0 Å². The van der Waals surface area contributed by atoms with Crippen LogP contribution in [0.3, 0.4) is 0 Å². The lowest BCUT2D eigenvalue weighted by Gasteiger charge is -2.13. The van der Waals surface area contributed by atoms with Crippen molar-refractivity contribution in [3.05, 3.63) is 68.5 Å². The van der Waals surface area contributed by atoms with Crippen LogP contribution in [0.1, 0.15) is 16.5 Å². The molecule has 0 aliphatic carbocycles. The van der Waals surface area contributed by atoms with Crippen LogP contribution in [0.15, 0.2) is 36.4 Å². The fourth-order valence-electron chi connectivity index (χ4n) is 1.76. The number of hydrogen-bond acceptors (Lipinski definition) is 0. The van der Waals surface area contributed by atoms with Crippen molar-refractivity contribution in [2.75, 3.05) is 0 Å². The summed E-state index contributed by atoms with van der Waals surface area (Å²) < 4.78 is 40.3. The smallest absolute Gasteiger partial charge is 0.162 e. The van der Waals surface area contributed by atoms with E-state index in [1.54, 1.807) is 6.07 Å². The van der Waals surface area contributed by atoms with E-state index in [4.69, 9.17) is 11.6 Å². The predicted molar refractivity (Wildman–Crippen MR) is 77.8 cm³/mol. The molecule has 0 fully saturated rings. The van der Waals surface area contributed by atoms with E-state index < -0.39 is 17.0 Å². The van der Waals surface area contributed by atoms with Crippen molar-refractivity contribution in [3.8, 4) is 0 Å². The van der Waals surface area contributed by atoms with Gasteiger partial charge in [-0.05, 0) is 58.3 Å². The van der Waals surface area contributed by atoms with Crippen molar-refractivity contribution in [1.82, 2.24) is 0 Å². The fourth-order valence-corrected chi connectivity index (χ4v) is 3.16. The molecule has 19 heavy (non-hydrogen) atoms. The van der Waals surface area contributed by atoms with Gasteiger partial charge in [0.2, 0.25) is 0 Å². The highest BCUT2D eigenvalue weighted by molar-refractivity contribution is 14.1. The van der Waals surface area contributed by atoms with E-state index in [1.165, 1.54) is 24.3 Å². The first kappa shape index (κ1) is 14.7. The number of halogens is 5. The Balaban J connectivity index is 2.25. The zero-order chi connectivity index (χ0) is 14.0. The first-order valence-corrected chi connectivity index (χ1v) is 7.02. The summed E-state index contributed by atoms with van der Waals surface area (Å²) in [5.41, 5.74) is 0.910. The zero-order valence-corrected chi connectivity index (χ0v) is 12.6. The van der Waals surface area contributed by atoms with Crippen LogP contribution in [0.2, 0.25) is 0 Å². The van der Waals surface area contributed by atoms with E-state index in [-0.39, 0.29) is 17.8 Å². The van der Waals surface area contributed by atoms with E-state index in [2.05, 4.69) is 0 Å². The molecule has 0 saturated heterocycles. The topological polar surface area (TPSA) is 0 Å². The second kappa shape index (κ2) is 6.13. The average Bonchev–Trinajstić information content (AvgIpc) is 2.34. The number of hydrogen-bond donors (Lipinski definition) is 0. The molecule has 0 aliphatic rings. The summed E-state index contributed by atoms with van der Waals surface area (Å²) in [7, 11) is 0. The van der Waals surface area contributed by atoms with Gasteiger partial charge in [0.25, 0.3) is 0 Å². The van der Waals surface area contributed by atoms with Crippen LogP contribution in [-0.4, -0.2) is 0 Å². The van der Waals surface area contributed by atoms with Gasteiger partial charge in [-0.3, -0.25) is 0 Å². The lowest BCUT2D eigenvalue weighted by atomic mass is 10.0. The third kappa shape index (κ3) is 3.42. The molecule has 0 radical (unpaired) electrons. The van der Waals surface area contributed by atoms with Gasteiger partial charge in [0, 0.05) is 3.57 Å². The van der Waals surface area contributed by atoms with Gasteiger partial charge in [0.05, 0.1) is 5.38 Å². The first-order chi connectivity index (χ1) is 8.99. The molecule has 0 bridgehead atoms. The minimum Gasteiger partial charge on any atom is -0.207 e. The number of alkyl halides is 1. The molecule has 0 saturated carbocycles. The average molecular weight is 397 g/mol. The van der Waals surface area contributed by atoms with E-state index in [9.17, 15) is 13.2 Å². The molecule has 1 unspecified atom stereocenters. The molecule has 0 spiro atoms. The maximum atomic E-state index is 13.5. The highest BCUT2D eigenvalue weighted by Gasteiger charge is 2.16. The van der Waals surface area contributed by atoms with Gasteiger partial charge in [-0.25, -0.2) is 13.2 Å².